The zero-order valence-corrected chi connectivity index (χ0v) is 15.6. The number of rotatable bonds is 9. The lowest BCUT2D eigenvalue weighted by Crippen LogP contribution is -2.26. The van der Waals surface area contributed by atoms with E-state index in [-0.39, 0.29) is 18.3 Å². The fourth-order valence-electron chi connectivity index (χ4n) is 2.53. The second kappa shape index (κ2) is 9.80. The zero-order valence-electron chi connectivity index (χ0n) is 15.6. The second-order valence-corrected chi connectivity index (χ2v) is 6.05. The molecule has 0 aliphatic rings. The number of halogens is 1. The first-order valence-corrected chi connectivity index (χ1v) is 8.95. The molecule has 0 heterocycles. The van der Waals surface area contributed by atoms with E-state index in [9.17, 15) is 9.18 Å². The summed E-state index contributed by atoms with van der Waals surface area (Å²) in [6.45, 7) is 5.27. The molecule has 0 unspecified atom stereocenters. The van der Waals surface area contributed by atoms with Gasteiger partial charge in [0, 0.05) is 24.7 Å². The quantitative estimate of drug-likeness (QED) is 0.611. The molecule has 0 aromatic heterocycles. The van der Waals surface area contributed by atoms with Crippen molar-refractivity contribution in [2.45, 2.75) is 33.2 Å². The summed E-state index contributed by atoms with van der Waals surface area (Å²) in [5, 5.41) is 0. The van der Waals surface area contributed by atoms with Crippen LogP contribution >= 0.6 is 0 Å². The number of nitrogens with zero attached hydrogens (tertiary/aromatic N) is 1. The predicted molar refractivity (Wildman–Crippen MR) is 100 cm³/mol. The van der Waals surface area contributed by atoms with Gasteiger partial charge < -0.3 is 14.4 Å². The summed E-state index contributed by atoms with van der Waals surface area (Å²) < 4.78 is 25.2. The molecule has 0 radical (unpaired) electrons. The number of hydrogen-bond donors (Lipinski definition) is 0. The molecule has 4 nitrogen and oxygen atoms in total. The Hall–Kier alpha value is -2.56. The molecule has 1 amide bonds. The number of carbonyl (C=O) groups is 1. The Bertz CT molecular complexity index is 733. The fraction of sp³-hybridized carbons (Fsp3) is 0.381. The molecular formula is C21H26FNO3. The number of amides is 1. The molecule has 0 N–H and O–H groups in total. The van der Waals surface area contributed by atoms with Gasteiger partial charge in [0.1, 0.15) is 5.82 Å². The van der Waals surface area contributed by atoms with E-state index < -0.39 is 0 Å². The highest BCUT2D eigenvalue weighted by Crippen LogP contribution is 2.29. The first-order valence-electron chi connectivity index (χ1n) is 8.95. The molecule has 0 fully saturated rings. The van der Waals surface area contributed by atoms with Crippen LogP contribution in [0.1, 0.15) is 42.6 Å². The van der Waals surface area contributed by atoms with Gasteiger partial charge in [0.25, 0.3) is 5.91 Å². The molecule has 0 atom stereocenters. The molecule has 0 aliphatic heterocycles. The van der Waals surface area contributed by atoms with Crippen LogP contribution in [0.3, 0.4) is 0 Å². The highest BCUT2D eigenvalue weighted by atomic mass is 19.1. The number of hydrogen-bond acceptors (Lipinski definition) is 3. The summed E-state index contributed by atoms with van der Waals surface area (Å²) in [4.78, 5) is 14.2. The van der Waals surface area contributed by atoms with Gasteiger partial charge in [-0.05, 0) is 37.6 Å². The highest BCUT2D eigenvalue weighted by Gasteiger charge is 2.16. The number of unbranched alkanes of at least 4 members (excludes halogenated alkanes) is 1. The van der Waals surface area contributed by atoms with Crippen LogP contribution in [-0.2, 0) is 6.54 Å². The van der Waals surface area contributed by atoms with Gasteiger partial charge in [0.2, 0.25) is 0 Å². The lowest BCUT2D eigenvalue weighted by Gasteiger charge is -2.19. The molecular weight excluding hydrogens is 333 g/mol. The highest BCUT2D eigenvalue weighted by molar-refractivity contribution is 5.94. The van der Waals surface area contributed by atoms with Gasteiger partial charge in [-0.3, -0.25) is 4.79 Å². The lowest BCUT2D eigenvalue weighted by atomic mass is 10.1. The summed E-state index contributed by atoms with van der Waals surface area (Å²) >= 11 is 0. The van der Waals surface area contributed by atoms with E-state index in [0.717, 1.165) is 12.8 Å². The Labute approximate surface area is 154 Å². The molecule has 0 saturated heterocycles. The Kier molecular flexibility index (Phi) is 7.45. The SMILES string of the molecule is CCCCOc1ccc(C(=O)N(C)Cc2ccccc2F)cc1OCC. The van der Waals surface area contributed by atoms with Crippen LogP contribution < -0.4 is 9.47 Å². The molecule has 2 aromatic carbocycles. The Morgan fingerprint density at radius 1 is 1.08 bits per heavy atom. The molecule has 5 heteroatoms. The monoisotopic (exact) mass is 359 g/mol. The van der Waals surface area contributed by atoms with Crippen LogP contribution in [0, 0.1) is 5.82 Å². The van der Waals surface area contributed by atoms with Crippen molar-refractivity contribution < 1.29 is 18.7 Å². The van der Waals surface area contributed by atoms with E-state index in [2.05, 4.69) is 6.92 Å². The van der Waals surface area contributed by atoms with Crippen molar-refractivity contribution in [1.82, 2.24) is 4.90 Å². The van der Waals surface area contributed by atoms with E-state index >= 15 is 0 Å². The van der Waals surface area contributed by atoms with Crippen molar-refractivity contribution in [1.29, 1.82) is 0 Å². The Morgan fingerprint density at radius 3 is 2.54 bits per heavy atom. The van der Waals surface area contributed by atoms with Crippen LogP contribution in [-0.4, -0.2) is 31.1 Å². The summed E-state index contributed by atoms with van der Waals surface area (Å²) in [6.07, 6.45) is 2.00. The van der Waals surface area contributed by atoms with Crippen LogP contribution in [0.15, 0.2) is 42.5 Å². The minimum atomic E-state index is -0.318. The number of carbonyl (C=O) groups excluding carboxylic acids is 1. The third-order valence-electron chi connectivity index (χ3n) is 3.96. The van der Waals surface area contributed by atoms with Gasteiger partial charge >= 0.3 is 0 Å². The van der Waals surface area contributed by atoms with Crippen molar-refractivity contribution in [3.05, 3.63) is 59.4 Å². The summed E-state index contributed by atoms with van der Waals surface area (Å²) in [7, 11) is 1.65. The minimum absolute atomic E-state index is 0.199. The van der Waals surface area contributed by atoms with Crippen molar-refractivity contribution in [2.24, 2.45) is 0 Å². The van der Waals surface area contributed by atoms with E-state index in [1.165, 1.54) is 11.0 Å². The zero-order chi connectivity index (χ0) is 18.9. The smallest absolute Gasteiger partial charge is 0.254 e. The third kappa shape index (κ3) is 5.22. The van der Waals surface area contributed by atoms with Crippen molar-refractivity contribution in [2.75, 3.05) is 20.3 Å². The molecule has 0 bridgehead atoms. The van der Waals surface area contributed by atoms with Gasteiger partial charge in [0.05, 0.1) is 13.2 Å². The Balaban J connectivity index is 2.14. The average Bonchev–Trinajstić information content (AvgIpc) is 2.64. The van der Waals surface area contributed by atoms with Crippen LogP contribution in [0.4, 0.5) is 4.39 Å². The van der Waals surface area contributed by atoms with Gasteiger partial charge in [-0.25, -0.2) is 4.39 Å². The van der Waals surface area contributed by atoms with E-state index in [1.54, 1.807) is 43.4 Å². The Morgan fingerprint density at radius 2 is 1.85 bits per heavy atom. The van der Waals surface area contributed by atoms with Crippen molar-refractivity contribution >= 4 is 5.91 Å². The largest absolute Gasteiger partial charge is 0.490 e. The standard InChI is InChI=1S/C21H26FNO3/c1-4-6-13-26-19-12-11-16(14-20(19)25-5-2)21(24)23(3)15-17-9-7-8-10-18(17)22/h7-12,14H,4-6,13,15H2,1-3H3. The number of ether oxygens (including phenoxy) is 2. The van der Waals surface area contributed by atoms with Crippen LogP contribution in [0.5, 0.6) is 11.5 Å². The van der Waals surface area contributed by atoms with E-state index in [0.29, 0.717) is 35.8 Å². The summed E-state index contributed by atoms with van der Waals surface area (Å²) in [6, 6.07) is 11.6. The molecule has 26 heavy (non-hydrogen) atoms. The molecule has 0 saturated carbocycles. The number of benzene rings is 2. The van der Waals surface area contributed by atoms with Crippen molar-refractivity contribution in [3.63, 3.8) is 0 Å². The molecule has 0 aliphatic carbocycles. The summed E-state index contributed by atoms with van der Waals surface area (Å²) in [5.41, 5.74) is 0.961. The van der Waals surface area contributed by atoms with E-state index in [1.807, 2.05) is 6.92 Å². The average molecular weight is 359 g/mol. The lowest BCUT2D eigenvalue weighted by molar-refractivity contribution is 0.0783. The van der Waals surface area contributed by atoms with Crippen molar-refractivity contribution in [3.8, 4) is 11.5 Å². The molecule has 2 rings (SSSR count). The first kappa shape index (κ1) is 19.8. The van der Waals surface area contributed by atoms with E-state index in [4.69, 9.17) is 9.47 Å². The van der Waals surface area contributed by atoms with Crippen LogP contribution in [0.2, 0.25) is 0 Å². The van der Waals surface area contributed by atoms with Gasteiger partial charge in [0.15, 0.2) is 11.5 Å². The minimum Gasteiger partial charge on any atom is -0.490 e. The second-order valence-electron chi connectivity index (χ2n) is 6.05. The summed E-state index contributed by atoms with van der Waals surface area (Å²) in [5.74, 6) is 0.665. The fourth-order valence-corrected chi connectivity index (χ4v) is 2.53. The maximum atomic E-state index is 13.8. The normalized spacial score (nSPS) is 10.5. The molecule has 2 aromatic rings. The molecule has 0 spiro atoms. The van der Waals surface area contributed by atoms with Gasteiger partial charge in [-0.2, -0.15) is 0 Å². The third-order valence-corrected chi connectivity index (χ3v) is 3.96. The maximum Gasteiger partial charge on any atom is 0.254 e. The van der Waals surface area contributed by atoms with Crippen LogP contribution in [0.25, 0.3) is 0 Å². The predicted octanol–water partition coefficient (Wildman–Crippen LogP) is 4.68. The van der Waals surface area contributed by atoms with Gasteiger partial charge in [-0.1, -0.05) is 31.5 Å². The first-order chi connectivity index (χ1) is 12.6. The maximum absolute atomic E-state index is 13.8. The topological polar surface area (TPSA) is 38.8 Å². The van der Waals surface area contributed by atoms with Gasteiger partial charge in [-0.15, -0.1) is 0 Å². The molecule has 140 valence electrons.